The Morgan fingerprint density at radius 2 is 1.65 bits per heavy atom. The van der Waals surface area contributed by atoms with Gasteiger partial charge in [0.1, 0.15) is 30.8 Å². The molecule has 0 bridgehead atoms. The Balaban J connectivity index is 1.33. The first-order chi connectivity index (χ1) is 23.4. The summed E-state index contributed by atoms with van der Waals surface area (Å²) in [4.78, 5) is 83.6. The summed E-state index contributed by atoms with van der Waals surface area (Å²) < 4.78 is 10.8. The number of esters is 1. The van der Waals surface area contributed by atoms with Gasteiger partial charge in [-0.05, 0) is 61.3 Å². The number of nitrogens with zero attached hydrogens (tertiary/aromatic N) is 2. The van der Waals surface area contributed by atoms with Crippen molar-refractivity contribution in [2.24, 2.45) is 23.2 Å². The number of hydrogen-bond acceptors (Lipinski definition) is 8. The van der Waals surface area contributed by atoms with E-state index in [1.807, 2.05) is 26.8 Å². The van der Waals surface area contributed by atoms with Crippen molar-refractivity contribution in [2.75, 3.05) is 19.7 Å². The molecule has 6 amide bonds. The fraction of sp³-hybridized carbons (Fsp3) is 0.667. The molecule has 13 heteroatoms. The summed E-state index contributed by atoms with van der Waals surface area (Å²) in [6.45, 7) is 7.73. The summed E-state index contributed by atoms with van der Waals surface area (Å²) in [7, 11) is 0. The van der Waals surface area contributed by atoms with Gasteiger partial charge in [0, 0.05) is 13.1 Å². The number of ether oxygens (including phenoxy) is 2. The summed E-state index contributed by atoms with van der Waals surface area (Å²) in [5.41, 5.74) is -0.00884. The molecule has 0 unspecified atom stereocenters. The van der Waals surface area contributed by atoms with Crippen LogP contribution >= 0.6 is 0 Å². The van der Waals surface area contributed by atoms with Crippen LogP contribution in [-0.2, 0) is 35.3 Å². The van der Waals surface area contributed by atoms with Gasteiger partial charge in [-0.25, -0.2) is 19.3 Å². The molecule has 4 fully saturated rings. The van der Waals surface area contributed by atoms with Gasteiger partial charge in [-0.3, -0.25) is 14.4 Å². The molecule has 2 saturated heterocycles. The van der Waals surface area contributed by atoms with Crippen LogP contribution in [0.2, 0.25) is 0 Å². The number of nitrogens with one attached hydrogen (secondary N) is 3. The zero-order valence-electron chi connectivity index (χ0n) is 29.1. The van der Waals surface area contributed by atoms with Crippen LogP contribution in [0.3, 0.4) is 0 Å². The maximum atomic E-state index is 14.3. The molecule has 49 heavy (non-hydrogen) atoms. The first-order valence-electron chi connectivity index (χ1n) is 17.8. The molecular formula is C36H51N5O8. The van der Waals surface area contributed by atoms with Crippen molar-refractivity contribution in [2.45, 2.75) is 110 Å². The summed E-state index contributed by atoms with van der Waals surface area (Å²) in [5.74, 6) is -1.93. The Labute approximate surface area is 288 Å². The van der Waals surface area contributed by atoms with E-state index >= 15 is 0 Å². The maximum Gasteiger partial charge on any atom is 0.419 e. The molecule has 5 rings (SSSR count). The molecule has 2 aliphatic carbocycles. The molecular weight excluding hydrogens is 630 g/mol. The highest BCUT2D eigenvalue weighted by Crippen LogP contribution is 2.43. The average Bonchev–Trinajstić information content (AvgIpc) is 3.80. The lowest BCUT2D eigenvalue weighted by Gasteiger charge is -2.38. The number of hydrogen-bond donors (Lipinski definition) is 3. The van der Waals surface area contributed by atoms with E-state index in [9.17, 15) is 28.8 Å². The Kier molecular flexibility index (Phi) is 11.5. The molecule has 6 atom stereocenters. The van der Waals surface area contributed by atoms with Crippen molar-refractivity contribution in [3.05, 3.63) is 35.9 Å². The maximum absolute atomic E-state index is 14.3. The third kappa shape index (κ3) is 8.18. The van der Waals surface area contributed by atoms with Crippen LogP contribution in [0, 0.1) is 23.2 Å². The van der Waals surface area contributed by atoms with Crippen molar-refractivity contribution in [1.82, 2.24) is 25.8 Å². The van der Waals surface area contributed by atoms with Gasteiger partial charge in [0.05, 0.1) is 6.61 Å². The topological polar surface area (TPSA) is 163 Å². The van der Waals surface area contributed by atoms with Gasteiger partial charge < -0.3 is 30.3 Å². The Morgan fingerprint density at radius 1 is 0.939 bits per heavy atom. The second-order valence-electron chi connectivity index (χ2n) is 14.8. The summed E-state index contributed by atoms with van der Waals surface area (Å²) in [6, 6.07) is 4.28. The van der Waals surface area contributed by atoms with Gasteiger partial charge in [0.15, 0.2) is 0 Å². The first-order valence-corrected chi connectivity index (χ1v) is 17.8. The van der Waals surface area contributed by atoms with E-state index in [4.69, 9.17) is 9.47 Å². The zero-order chi connectivity index (χ0) is 35.3. The van der Waals surface area contributed by atoms with E-state index in [-0.39, 0.29) is 43.4 Å². The number of carbonyl (C=O) groups is 6. The second-order valence-corrected chi connectivity index (χ2v) is 14.8. The highest BCUT2D eigenvalue weighted by atomic mass is 16.6. The summed E-state index contributed by atoms with van der Waals surface area (Å²) >= 11 is 0. The van der Waals surface area contributed by atoms with Crippen molar-refractivity contribution < 1.29 is 38.2 Å². The molecule has 0 aromatic heterocycles. The zero-order valence-corrected chi connectivity index (χ0v) is 29.1. The van der Waals surface area contributed by atoms with Crippen molar-refractivity contribution in [3.8, 4) is 0 Å². The van der Waals surface area contributed by atoms with Crippen molar-refractivity contribution in [1.29, 1.82) is 0 Å². The monoisotopic (exact) mass is 681 g/mol. The average molecular weight is 682 g/mol. The first kappa shape index (κ1) is 36.1. The fourth-order valence-electron chi connectivity index (χ4n) is 7.93. The number of fused-ring (bicyclic) bond motifs is 1. The van der Waals surface area contributed by atoms with E-state index < -0.39 is 59.5 Å². The van der Waals surface area contributed by atoms with Gasteiger partial charge in [-0.2, -0.15) is 0 Å². The molecule has 0 radical (unpaired) electrons. The minimum absolute atomic E-state index is 0.0265. The molecule has 3 N–H and O–H groups in total. The number of likely N-dealkylation sites (tertiary alicyclic amines) is 1. The van der Waals surface area contributed by atoms with Crippen molar-refractivity contribution >= 4 is 35.8 Å². The smallest absolute Gasteiger partial charge is 0.419 e. The molecule has 4 aliphatic rings. The minimum Gasteiger partial charge on any atom is -0.464 e. The largest absolute Gasteiger partial charge is 0.464 e. The molecule has 2 heterocycles. The Hall–Kier alpha value is -4.16. The number of imide groups is 1. The van der Waals surface area contributed by atoms with Crippen LogP contribution in [0.4, 0.5) is 9.59 Å². The Morgan fingerprint density at radius 3 is 2.33 bits per heavy atom. The third-order valence-corrected chi connectivity index (χ3v) is 10.5. The third-order valence-electron chi connectivity index (χ3n) is 10.5. The number of urea groups is 1. The fourth-order valence-corrected chi connectivity index (χ4v) is 7.93. The molecule has 1 aromatic carbocycles. The number of benzene rings is 1. The molecule has 1 aromatic rings. The Bertz CT molecular complexity index is 1390. The summed E-state index contributed by atoms with van der Waals surface area (Å²) in [5, 5.41) is 8.37. The predicted molar refractivity (Wildman–Crippen MR) is 179 cm³/mol. The molecule has 2 saturated carbocycles. The van der Waals surface area contributed by atoms with Crippen LogP contribution < -0.4 is 16.0 Å². The lowest BCUT2D eigenvalue weighted by Crippen LogP contribution is -2.62. The van der Waals surface area contributed by atoms with Crippen LogP contribution in [0.5, 0.6) is 0 Å². The molecule has 0 spiro atoms. The molecule has 13 nitrogen and oxygen atoms in total. The van der Waals surface area contributed by atoms with Gasteiger partial charge >= 0.3 is 18.1 Å². The highest BCUT2D eigenvalue weighted by molar-refractivity contribution is 6.01. The number of rotatable bonds is 10. The normalized spacial score (nSPS) is 25.2. The molecule has 2 aliphatic heterocycles. The van der Waals surface area contributed by atoms with Gasteiger partial charge in [-0.15, -0.1) is 0 Å². The van der Waals surface area contributed by atoms with Gasteiger partial charge in [0.25, 0.3) is 0 Å². The minimum atomic E-state index is -1.23. The number of carbonyl (C=O) groups excluding carboxylic acids is 6. The van der Waals surface area contributed by atoms with Crippen LogP contribution in [0.15, 0.2) is 30.3 Å². The predicted octanol–water partition coefficient (Wildman–Crippen LogP) is 3.50. The van der Waals surface area contributed by atoms with E-state index in [1.165, 1.54) is 0 Å². The van der Waals surface area contributed by atoms with E-state index in [0.717, 1.165) is 49.0 Å². The van der Waals surface area contributed by atoms with E-state index in [2.05, 4.69) is 16.0 Å². The lowest BCUT2D eigenvalue weighted by molar-refractivity contribution is -0.156. The SMILES string of the molecule is CCOC(=O)[C@@H]1[C@H]2CCC[C@H]2CN1C(=O)[C@@H](NC(=O)[C@@H](NC(=O)[C@@H]1CNC(=O)N1C(=O)OCc1ccccc1)C1CCCCC1)C(C)(C)C. The summed E-state index contributed by atoms with van der Waals surface area (Å²) in [6.07, 6.45) is 5.96. The van der Waals surface area contributed by atoms with Crippen LogP contribution in [-0.4, -0.2) is 89.5 Å². The number of amides is 6. The van der Waals surface area contributed by atoms with Gasteiger partial charge in [-0.1, -0.05) is 76.8 Å². The quantitative estimate of drug-likeness (QED) is 0.316. The van der Waals surface area contributed by atoms with Crippen LogP contribution in [0.25, 0.3) is 0 Å². The highest BCUT2D eigenvalue weighted by Gasteiger charge is 2.53. The molecule has 268 valence electrons. The van der Waals surface area contributed by atoms with Gasteiger partial charge in [0.2, 0.25) is 17.7 Å². The second kappa shape index (κ2) is 15.6. The van der Waals surface area contributed by atoms with E-state index in [0.29, 0.717) is 19.4 Å². The standard InChI is InChI=1S/C36H51N5O8/c1-5-48-33(45)28-25-18-12-17-24(25)20-40(28)32(44)29(36(2,3)4)39-31(43)27(23-15-10-7-11-16-23)38-30(42)26-19-37-34(46)41(26)35(47)49-21-22-13-8-6-9-14-22/h6,8-9,13-14,23-29H,5,7,10-12,15-21H2,1-4H3,(H,37,46)(H,38,42)(H,39,43)/t24-,25-,26-,27-,28-,29+/m0/s1. The van der Waals surface area contributed by atoms with Crippen LogP contribution in [0.1, 0.15) is 84.6 Å². The van der Waals surface area contributed by atoms with Crippen molar-refractivity contribution in [3.63, 3.8) is 0 Å². The lowest BCUT2D eigenvalue weighted by atomic mass is 9.82. The van der Waals surface area contributed by atoms with E-state index in [1.54, 1.807) is 36.1 Å².